The van der Waals surface area contributed by atoms with E-state index in [9.17, 15) is 18.8 Å². The average Bonchev–Trinajstić information content (AvgIpc) is 2.24. The van der Waals surface area contributed by atoms with Crippen LogP contribution in [0.4, 0.5) is 4.39 Å². The lowest BCUT2D eigenvalue weighted by Crippen LogP contribution is -2.46. The molecule has 1 unspecified atom stereocenters. The Balaban J connectivity index is 3.10. The smallest absolute Gasteiger partial charge is 0.326 e. The minimum absolute atomic E-state index is 0.0317. The van der Waals surface area contributed by atoms with Gasteiger partial charge in [-0.1, -0.05) is 0 Å². The number of rotatable bonds is 2. The maximum atomic E-state index is 13.4. The highest BCUT2D eigenvalue weighted by Crippen LogP contribution is 2.24. The van der Waals surface area contributed by atoms with Gasteiger partial charge in [0.25, 0.3) is 0 Å². The van der Waals surface area contributed by atoms with Crippen molar-refractivity contribution in [3.63, 3.8) is 0 Å². The molecule has 1 aliphatic rings. The molecule has 16 heavy (non-hydrogen) atoms. The standard InChI is InChI=1S/C10H12FNO4/c1-4-16-10(15)6-8(13)7(11)5(2)12(3)9(6)14/h6H,4H2,1-3H3. The Hall–Kier alpha value is -1.72. The summed E-state index contributed by atoms with van der Waals surface area (Å²) in [5.41, 5.74) is -0.0875. The topological polar surface area (TPSA) is 63.7 Å². The summed E-state index contributed by atoms with van der Waals surface area (Å²) >= 11 is 0. The molecule has 0 aromatic heterocycles. The maximum absolute atomic E-state index is 13.4. The molecule has 0 aliphatic carbocycles. The van der Waals surface area contributed by atoms with Gasteiger partial charge in [-0.25, -0.2) is 4.39 Å². The fourth-order valence-electron chi connectivity index (χ4n) is 1.36. The van der Waals surface area contributed by atoms with Crippen LogP contribution in [0.25, 0.3) is 0 Å². The quantitative estimate of drug-likeness (QED) is 0.508. The van der Waals surface area contributed by atoms with Crippen molar-refractivity contribution in [1.82, 2.24) is 4.90 Å². The zero-order valence-electron chi connectivity index (χ0n) is 9.24. The molecule has 0 saturated heterocycles. The molecular formula is C10H12FNO4. The molecule has 1 heterocycles. The van der Waals surface area contributed by atoms with E-state index in [1.165, 1.54) is 20.9 Å². The molecule has 0 aromatic carbocycles. The van der Waals surface area contributed by atoms with Gasteiger partial charge in [-0.3, -0.25) is 14.4 Å². The highest BCUT2D eigenvalue weighted by Gasteiger charge is 2.44. The molecule has 5 nitrogen and oxygen atoms in total. The van der Waals surface area contributed by atoms with E-state index in [1.54, 1.807) is 0 Å². The summed E-state index contributed by atoms with van der Waals surface area (Å²) in [7, 11) is 1.30. The number of carbonyl (C=O) groups is 3. The fourth-order valence-corrected chi connectivity index (χ4v) is 1.36. The second kappa shape index (κ2) is 4.42. The van der Waals surface area contributed by atoms with Crippen molar-refractivity contribution in [2.75, 3.05) is 13.7 Å². The van der Waals surface area contributed by atoms with Crippen LogP contribution in [-0.4, -0.2) is 36.2 Å². The summed E-state index contributed by atoms with van der Waals surface area (Å²) in [4.78, 5) is 35.3. The first kappa shape index (κ1) is 12.4. The van der Waals surface area contributed by atoms with Crippen molar-refractivity contribution >= 4 is 17.7 Å². The maximum Gasteiger partial charge on any atom is 0.326 e. The van der Waals surface area contributed by atoms with Crippen molar-refractivity contribution in [2.24, 2.45) is 5.92 Å². The molecule has 1 aliphatic heterocycles. The van der Waals surface area contributed by atoms with Gasteiger partial charge in [0.15, 0.2) is 5.83 Å². The lowest BCUT2D eigenvalue weighted by molar-refractivity contribution is -0.158. The number of ether oxygens (including phenoxy) is 1. The van der Waals surface area contributed by atoms with E-state index in [4.69, 9.17) is 0 Å². The molecular weight excluding hydrogens is 217 g/mol. The van der Waals surface area contributed by atoms with Crippen LogP contribution in [0.5, 0.6) is 0 Å². The summed E-state index contributed by atoms with van der Waals surface area (Å²) in [5.74, 6) is -5.66. The number of hydrogen-bond donors (Lipinski definition) is 0. The molecule has 0 saturated carbocycles. The van der Waals surface area contributed by atoms with Gasteiger partial charge in [0.2, 0.25) is 17.6 Å². The summed E-state index contributed by atoms with van der Waals surface area (Å²) < 4.78 is 17.9. The number of ketones is 1. The zero-order valence-corrected chi connectivity index (χ0v) is 9.24. The van der Waals surface area contributed by atoms with Gasteiger partial charge < -0.3 is 9.64 Å². The van der Waals surface area contributed by atoms with Crippen molar-refractivity contribution in [3.8, 4) is 0 Å². The van der Waals surface area contributed by atoms with E-state index in [0.29, 0.717) is 0 Å². The summed E-state index contributed by atoms with van der Waals surface area (Å²) in [5, 5.41) is 0. The molecule has 6 heteroatoms. The number of Topliss-reactive ketones (excluding diaryl/α,β-unsaturated/α-hetero) is 1. The van der Waals surface area contributed by atoms with Gasteiger partial charge in [0.1, 0.15) is 0 Å². The largest absolute Gasteiger partial charge is 0.465 e. The highest BCUT2D eigenvalue weighted by molar-refractivity contribution is 6.23. The van der Waals surface area contributed by atoms with Crippen LogP contribution in [0.1, 0.15) is 13.8 Å². The minimum atomic E-state index is -1.70. The Morgan fingerprint density at radius 2 is 2.06 bits per heavy atom. The first-order chi connectivity index (χ1) is 7.41. The SMILES string of the molecule is CCOC(=O)C1C(=O)C(F)=C(C)N(C)C1=O. The van der Waals surface area contributed by atoms with Gasteiger partial charge in [0, 0.05) is 7.05 Å². The van der Waals surface area contributed by atoms with E-state index in [-0.39, 0.29) is 12.3 Å². The third kappa shape index (κ3) is 1.82. The molecule has 0 fully saturated rings. The van der Waals surface area contributed by atoms with Crippen LogP contribution in [0, 0.1) is 5.92 Å². The summed E-state index contributed by atoms with van der Waals surface area (Å²) in [6.07, 6.45) is 0. The number of nitrogens with zero attached hydrogens (tertiary/aromatic N) is 1. The third-order valence-electron chi connectivity index (χ3n) is 2.40. The van der Waals surface area contributed by atoms with Crippen molar-refractivity contribution in [3.05, 3.63) is 11.5 Å². The predicted molar refractivity (Wildman–Crippen MR) is 51.7 cm³/mol. The van der Waals surface area contributed by atoms with Crippen LogP contribution < -0.4 is 0 Å². The Bertz CT molecular complexity index is 388. The molecule has 0 N–H and O–H groups in total. The molecule has 1 atom stereocenters. The minimum Gasteiger partial charge on any atom is -0.465 e. The number of hydrogen-bond acceptors (Lipinski definition) is 4. The number of esters is 1. The third-order valence-corrected chi connectivity index (χ3v) is 2.40. The Labute approximate surface area is 91.9 Å². The van der Waals surface area contributed by atoms with E-state index >= 15 is 0 Å². The van der Waals surface area contributed by atoms with Gasteiger partial charge >= 0.3 is 5.97 Å². The summed E-state index contributed by atoms with van der Waals surface area (Å²) in [6.45, 7) is 2.87. The van der Waals surface area contributed by atoms with E-state index in [0.717, 1.165) is 4.90 Å². The van der Waals surface area contributed by atoms with Crippen molar-refractivity contribution in [1.29, 1.82) is 0 Å². The zero-order chi connectivity index (χ0) is 12.5. The van der Waals surface area contributed by atoms with E-state index in [2.05, 4.69) is 4.74 Å². The van der Waals surface area contributed by atoms with Crippen molar-refractivity contribution in [2.45, 2.75) is 13.8 Å². The average molecular weight is 229 g/mol. The molecule has 0 radical (unpaired) electrons. The van der Waals surface area contributed by atoms with E-state index in [1.807, 2.05) is 0 Å². The number of amides is 1. The lowest BCUT2D eigenvalue weighted by atomic mass is 9.97. The van der Waals surface area contributed by atoms with Gasteiger partial charge in [-0.05, 0) is 13.8 Å². The van der Waals surface area contributed by atoms with Crippen LogP contribution >= 0.6 is 0 Å². The van der Waals surface area contributed by atoms with Gasteiger partial charge in [0.05, 0.1) is 12.3 Å². The summed E-state index contributed by atoms with van der Waals surface area (Å²) in [6, 6.07) is 0. The molecule has 0 spiro atoms. The normalized spacial score (nSPS) is 21.5. The van der Waals surface area contributed by atoms with Crippen LogP contribution in [-0.2, 0) is 19.1 Å². The Kier molecular flexibility index (Phi) is 3.41. The van der Waals surface area contributed by atoms with Crippen LogP contribution in [0.3, 0.4) is 0 Å². The first-order valence-electron chi connectivity index (χ1n) is 4.76. The number of halogens is 1. The Morgan fingerprint density at radius 1 is 1.50 bits per heavy atom. The van der Waals surface area contributed by atoms with Gasteiger partial charge in [-0.2, -0.15) is 0 Å². The van der Waals surface area contributed by atoms with Crippen LogP contribution in [0.2, 0.25) is 0 Å². The molecule has 0 aromatic rings. The monoisotopic (exact) mass is 229 g/mol. The molecule has 0 bridgehead atoms. The lowest BCUT2D eigenvalue weighted by Gasteiger charge is -2.27. The van der Waals surface area contributed by atoms with Gasteiger partial charge in [-0.15, -0.1) is 0 Å². The second-order valence-corrected chi connectivity index (χ2v) is 3.35. The second-order valence-electron chi connectivity index (χ2n) is 3.35. The molecule has 88 valence electrons. The van der Waals surface area contributed by atoms with E-state index < -0.39 is 29.4 Å². The number of allylic oxidation sites excluding steroid dienone is 2. The highest BCUT2D eigenvalue weighted by atomic mass is 19.1. The number of carbonyl (C=O) groups excluding carboxylic acids is 3. The molecule has 1 rings (SSSR count). The molecule has 1 amide bonds. The first-order valence-corrected chi connectivity index (χ1v) is 4.76. The Morgan fingerprint density at radius 3 is 2.56 bits per heavy atom. The fraction of sp³-hybridized carbons (Fsp3) is 0.500. The predicted octanol–water partition coefficient (Wildman–Crippen LogP) is 0.408. The van der Waals surface area contributed by atoms with Crippen molar-refractivity contribution < 1.29 is 23.5 Å². The van der Waals surface area contributed by atoms with Crippen LogP contribution in [0.15, 0.2) is 11.5 Å².